The Morgan fingerprint density at radius 3 is 2.22 bits per heavy atom. The Bertz CT molecular complexity index is 1610. The number of amides is 2. The van der Waals surface area contributed by atoms with E-state index in [1.807, 2.05) is 13.8 Å². The fourth-order valence-electron chi connectivity index (χ4n) is 5.46. The van der Waals surface area contributed by atoms with Crippen LogP contribution < -0.4 is 19.1 Å². The van der Waals surface area contributed by atoms with Crippen LogP contribution in [0.2, 0.25) is 10.0 Å². The van der Waals surface area contributed by atoms with Crippen LogP contribution in [0.3, 0.4) is 0 Å². The lowest BCUT2D eigenvalue weighted by molar-refractivity contribution is -0.140. The van der Waals surface area contributed by atoms with E-state index in [4.69, 9.17) is 32.7 Å². The molecule has 0 heterocycles. The Labute approximate surface area is 275 Å². The third kappa shape index (κ3) is 8.23. The molecule has 1 N–H and O–H groups in total. The van der Waals surface area contributed by atoms with Crippen molar-refractivity contribution in [2.75, 3.05) is 25.1 Å². The highest BCUT2D eigenvalue weighted by Crippen LogP contribution is 2.33. The lowest BCUT2D eigenvalue weighted by atomic mass is 10.1. The summed E-state index contributed by atoms with van der Waals surface area (Å²) in [5.41, 5.74) is 1.78. The first kappa shape index (κ1) is 34.4. The number of nitrogens with zero attached hydrogens (tertiary/aromatic N) is 2. The summed E-state index contributed by atoms with van der Waals surface area (Å²) >= 11 is 12.6. The largest absolute Gasteiger partial charge is 0.493 e. The minimum absolute atomic E-state index is 0.0242. The van der Waals surface area contributed by atoms with E-state index in [2.05, 4.69) is 5.32 Å². The van der Waals surface area contributed by atoms with Gasteiger partial charge in [0.25, 0.3) is 10.0 Å². The third-order valence-electron chi connectivity index (χ3n) is 7.99. The highest BCUT2D eigenvalue weighted by atomic mass is 35.5. The van der Waals surface area contributed by atoms with Crippen molar-refractivity contribution in [3.05, 3.63) is 81.8 Å². The van der Waals surface area contributed by atoms with Crippen LogP contribution in [0, 0.1) is 6.92 Å². The maximum Gasteiger partial charge on any atom is 0.264 e. The highest BCUT2D eigenvalue weighted by Gasteiger charge is 2.35. The molecule has 1 aliphatic carbocycles. The number of sulfonamides is 1. The Kier molecular flexibility index (Phi) is 11.6. The second-order valence-electron chi connectivity index (χ2n) is 11.0. The number of benzene rings is 3. The van der Waals surface area contributed by atoms with E-state index in [9.17, 15) is 18.0 Å². The van der Waals surface area contributed by atoms with Gasteiger partial charge >= 0.3 is 0 Å². The maximum absolute atomic E-state index is 14.3. The van der Waals surface area contributed by atoms with Gasteiger partial charge in [0, 0.05) is 28.7 Å². The van der Waals surface area contributed by atoms with Crippen molar-refractivity contribution < 1.29 is 27.5 Å². The molecule has 1 aliphatic rings. The fraction of sp³-hybridized carbons (Fsp3) is 0.394. The third-order valence-corrected chi connectivity index (χ3v) is 10.3. The molecule has 9 nitrogen and oxygen atoms in total. The van der Waals surface area contributed by atoms with Crippen molar-refractivity contribution in [3.8, 4) is 11.5 Å². The van der Waals surface area contributed by atoms with Crippen molar-refractivity contribution >= 4 is 50.7 Å². The van der Waals surface area contributed by atoms with Gasteiger partial charge < -0.3 is 19.7 Å². The first-order valence-corrected chi connectivity index (χ1v) is 17.0. The Balaban J connectivity index is 1.76. The number of hydrogen-bond acceptors (Lipinski definition) is 6. The van der Waals surface area contributed by atoms with E-state index < -0.39 is 28.5 Å². The second-order valence-corrected chi connectivity index (χ2v) is 13.7. The number of carbonyl (C=O) groups excluding carboxylic acids is 2. The van der Waals surface area contributed by atoms with Crippen LogP contribution in [0.15, 0.2) is 65.6 Å². The first-order chi connectivity index (χ1) is 21.5. The van der Waals surface area contributed by atoms with Crippen molar-refractivity contribution in [3.63, 3.8) is 0 Å². The van der Waals surface area contributed by atoms with Crippen molar-refractivity contribution in [1.82, 2.24) is 10.2 Å². The molecule has 12 heteroatoms. The molecule has 0 radical (unpaired) electrons. The molecule has 0 spiro atoms. The highest BCUT2D eigenvalue weighted by molar-refractivity contribution is 7.92. The number of halogens is 2. The number of anilines is 1. The molecule has 0 bridgehead atoms. The second kappa shape index (κ2) is 15.2. The van der Waals surface area contributed by atoms with E-state index in [0.717, 1.165) is 35.6 Å². The number of nitrogens with one attached hydrogen (secondary N) is 1. The zero-order chi connectivity index (χ0) is 32.7. The molecule has 242 valence electrons. The summed E-state index contributed by atoms with van der Waals surface area (Å²) in [6, 6.07) is 15.2. The Morgan fingerprint density at radius 1 is 0.956 bits per heavy atom. The lowest BCUT2D eigenvalue weighted by Crippen LogP contribution is -2.53. The van der Waals surface area contributed by atoms with E-state index in [1.165, 1.54) is 37.3 Å². The van der Waals surface area contributed by atoms with Gasteiger partial charge in [-0.15, -0.1) is 0 Å². The van der Waals surface area contributed by atoms with Gasteiger partial charge in [0.1, 0.15) is 12.6 Å². The zero-order valence-electron chi connectivity index (χ0n) is 25.9. The minimum Gasteiger partial charge on any atom is -0.493 e. The predicted molar refractivity (Wildman–Crippen MR) is 177 cm³/mol. The number of rotatable bonds is 13. The number of aryl methyl sites for hydroxylation is 1. The summed E-state index contributed by atoms with van der Waals surface area (Å²) in [6.07, 6.45) is 4.13. The van der Waals surface area contributed by atoms with Crippen LogP contribution in [-0.4, -0.2) is 58.0 Å². The summed E-state index contributed by atoms with van der Waals surface area (Å²) in [5.74, 6) is -0.270. The van der Waals surface area contributed by atoms with Gasteiger partial charge in [0.05, 0.1) is 24.8 Å². The summed E-state index contributed by atoms with van der Waals surface area (Å²) in [7, 11) is -1.44. The quantitative estimate of drug-likeness (QED) is 0.225. The summed E-state index contributed by atoms with van der Waals surface area (Å²) in [4.78, 5) is 29.3. The minimum atomic E-state index is -4.30. The molecule has 1 atom stereocenters. The van der Waals surface area contributed by atoms with Crippen LogP contribution >= 0.6 is 23.2 Å². The first-order valence-electron chi connectivity index (χ1n) is 14.8. The summed E-state index contributed by atoms with van der Waals surface area (Å²) < 4.78 is 40.2. The smallest absolute Gasteiger partial charge is 0.264 e. The fourth-order valence-corrected chi connectivity index (χ4v) is 7.36. The van der Waals surface area contributed by atoms with E-state index >= 15 is 0 Å². The van der Waals surface area contributed by atoms with Gasteiger partial charge in [-0.2, -0.15) is 0 Å². The monoisotopic (exact) mass is 675 g/mol. The standard InChI is InChI=1S/C33H39Cl2N3O6S/c1-5-29(33(40)36-25-8-6-7-9-25)37(20-23-12-13-24(34)18-28(23)35)32(39)21-38(26-14-10-22(2)11-15-26)45(41,42)27-16-17-30(43-3)31(19-27)44-4/h10-19,25,29H,5-9,20-21H2,1-4H3,(H,36,40)/t29-/m1/s1. The Hall–Kier alpha value is -3.47. The van der Waals surface area contributed by atoms with Crippen LogP contribution in [-0.2, 0) is 26.2 Å². The SMILES string of the molecule is CC[C@H](C(=O)NC1CCCC1)N(Cc1ccc(Cl)cc1Cl)C(=O)CN(c1ccc(C)cc1)S(=O)(=O)c1ccc(OC)c(OC)c1. The topological polar surface area (TPSA) is 105 Å². The molecule has 0 saturated heterocycles. The van der Waals surface area contributed by atoms with Gasteiger partial charge in [-0.3, -0.25) is 13.9 Å². The molecule has 1 fully saturated rings. The molecule has 45 heavy (non-hydrogen) atoms. The predicted octanol–water partition coefficient (Wildman–Crippen LogP) is 6.38. The number of ether oxygens (including phenoxy) is 2. The Morgan fingerprint density at radius 2 is 1.62 bits per heavy atom. The molecule has 3 aromatic rings. The number of carbonyl (C=O) groups is 2. The molecule has 0 aromatic heterocycles. The van der Waals surface area contributed by atoms with Crippen molar-refractivity contribution in [2.45, 2.75) is 69.5 Å². The van der Waals surface area contributed by atoms with E-state index in [0.29, 0.717) is 27.8 Å². The van der Waals surface area contributed by atoms with Crippen LogP contribution in [0.4, 0.5) is 5.69 Å². The molecule has 1 saturated carbocycles. The summed E-state index contributed by atoms with van der Waals surface area (Å²) in [5, 5.41) is 3.86. The van der Waals surface area contributed by atoms with Gasteiger partial charge in [-0.25, -0.2) is 8.42 Å². The molecule has 0 unspecified atom stereocenters. The summed E-state index contributed by atoms with van der Waals surface area (Å²) in [6.45, 7) is 3.11. The van der Waals surface area contributed by atoms with Crippen molar-refractivity contribution in [1.29, 1.82) is 0 Å². The van der Waals surface area contributed by atoms with Gasteiger partial charge in [-0.05, 0) is 68.1 Å². The normalized spacial score (nSPS) is 14.1. The van der Waals surface area contributed by atoms with Crippen LogP contribution in [0.25, 0.3) is 0 Å². The lowest BCUT2D eigenvalue weighted by Gasteiger charge is -2.34. The zero-order valence-corrected chi connectivity index (χ0v) is 28.2. The molecule has 0 aliphatic heterocycles. The van der Waals surface area contributed by atoms with Crippen LogP contribution in [0.5, 0.6) is 11.5 Å². The average Bonchev–Trinajstić information content (AvgIpc) is 3.53. The molecular weight excluding hydrogens is 637 g/mol. The number of methoxy groups -OCH3 is 2. The van der Waals surface area contributed by atoms with E-state index in [-0.39, 0.29) is 34.8 Å². The molecule has 2 amide bonds. The maximum atomic E-state index is 14.3. The van der Waals surface area contributed by atoms with Crippen molar-refractivity contribution in [2.24, 2.45) is 0 Å². The molecule has 4 rings (SSSR count). The number of hydrogen-bond donors (Lipinski definition) is 1. The van der Waals surface area contributed by atoms with Gasteiger partial charge in [-0.1, -0.05) is 66.7 Å². The molecule has 3 aromatic carbocycles. The molecular formula is C33H39Cl2N3O6S. The van der Waals surface area contributed by atoms with E-state index in [1.54, 1.807) is 42.5 Å². The average molecular weight is 677 g/mol. The van der Waals surface area contributed by atoms with Crippen LogP contribution in [0.1, 0.15) is 50.2 Å². The van der Waals surface area contributed by atoms with Gasteiger partial charge in [0.2, 0.25) is 11.8 Å². The van der Waals surface area contributed by atoms with Gasteiger partial charge in [0.15, 0.2) is 11.5 Å².